The summed E-state index contributed by atoms with van der Waals surface area (Å²) in [4.78, 5) is 24.2. The van der Waals surface area contributed by atoms with Crippen LogP contribution < -0.4 is 20.7 Å². The predicted molar refractivity (Wildman–Crippen MR) is 158 cm³/mol. The van der Waals surface area contributed by atoms with Gasteiger partial charge in [0.2, 0.25) is 5.91 Å². The molecule has 1 amide bonds. The summed E-state index contributed by atoms with van der Waals surface area (Å²) in [5, 5.41) is 12.8. The van der Waals surface area contributed by atoms with Crippen LogP contribution >= 0.6 is 11.3 Å². The zero-order chi connectivity index (χ0) is 31.8. The second kappa shape index (κ2) is 10.7. The highest BCUT2D eigenvalue weighted by Crippen LogP contribution is 2.48. The van der Waals surface area contributed by atoms with Crippen LogP contribution in [-0.2, 0) is 11.0 Å². The fourth-order valence-corrected chi connectivity index (χ4v) is 7.64. The monoisotopic (exact) mass is 643 g/mol. The number of alkyl halides is 3. The number of hydrogen-bond acceptors (Lipinski definition) is 9. The van der Waals surface area contributed by atoms with E-state index in [4.69, 9.17) is 10.5 Å². The van der Waals surface area contributed by atoms with Gasteiger partial charge in [0.25, 0.3) is 0 Å². The molecule has 2 aromatic heterocycles. The van der Waals surface area contributed by atoms with Crippen LogP contribution in [-0.4, -0.2) is 65.6 Å². The van der Waals surface area contributed by atoms with E-state index in [1.165, 1.54) is 0 Å². The molecule has 3 N–H and O–H groups in total. The van der Waals surface area contributed by atoms with Gasteiger partial charge in [0.15, 0.2) is 5.82 Å². The molecule has 7 rings (SSSR count). The number of anilines is 2. The summed E-state index contributed by atoms with van der Waals surface area (Å²) >= 11 is 0.701. The Morgan fingerprint density at radius 2 is 1.91 bits per heavy atom. The minimum Gasteiger partial charge on any atom is -0.461 e. The van der Waals surface area contributed by atoms with Gasteiger partial charge in [-0.05, 0) is 37.0 Å². The van der Waals surface area contributed by atoms with Crippen molar-refractivity contribution in [3.05, 3.63) is 41.0 Å². The van der Waals surface area contributed by atoms with Crippen molar-refractivity contribution in [2.24, 2.45) is 0 Å². The number of hydrogen-bond donors (Lipinski definition) is 2. The second-order valence-electron chi connectivity index (χ2n) is 11.6. The number of nitrogen functional groups attached to an aromatic ring is 1. The first-order valence-corrected chi connectivity index (χ1v) is 15.2. The van der Waals surface area contributed by atoms with Crippen LogP contribution in [0.2, 0.25) is 0 Å². The number of likely N-dealkylation sites (tertiary alicyclic amines) is 1. The lowest BCUT2D eigenvalue weighted by molar-refractivity contribution is -0.137. The van der Waals surface area contributed by atoms with Gasteiger partial charge in [-0.3, -0.25) is 4.79 Å². The average Bonchev–Trinajstić information content (AvgIpc) is 3.64. The smallest absolute Gasteiger partial charge is 0.417 e. The van der Waals surface area contributed by atoms with E-state index in [1.54, 1.807) is 11.9 Å². The number of fused-ring (bicyclic) bond motifs is 4. The Hall–Kier alpha value is -4.29. The largest absolute Gasteiger partial charge is 0.461 e. The first-order valence-electron chi connectivity index (χ1n) is 14.4. The van der Waals surface area contributed by atoms with Crippen molar-refractivity contribution in [3.63, 3.8) is 0 Å². The van der Waals surface area contributed by atoms with Crippen LogP contribution in [0.15, 0.2) is 18.2 Å². The SMILES string of the molecule is CN1C(=O)CCC1COc1nc(N2CC3CCC(C2)N3)c2cc(C(F)(F)F)c(-c3ccc(F)c4sc(N)c(C#N)c34)c(F)c2n1. The number of thiophene rings is 1. The Morgan fingerprint density at radius 1 is 1.18 bits per heavy atom. The van der Waals surface area contributed by atoms with Crippen LogP contribution in [0.5, 0.6) is 6.01 Å². The highest BCUT2D eigenvalue weighted by Gasteiger charge is 2.40. The number of ether oxygens (including phenoxy) is 1. The lowest BCUT2D eigenvalue weighted by Crippen LogP contribution is -2.51. The first kappa shape index (κ1) is 29.4. The summed E-state index contributed by atoms with van der Waals surface area (Å²) < 4.78 is 81.8. The molecule has 3 atom stereocenters. The van der Waals surface area contributed by atoms with Gasteiger partial charge < -0.3 is 25.6 Å². The van der Waals surface area contributed by atoms with Crippen molar-refractivity contribution in [1.29, 1.82) is 5.26 Å². The zero-order valence-electron chi connectivity index (χ0n) is 23.8. The van der Waals surface area contributed by atoms with Gasteiger partial charge >= 0.3 is 12.2 Å². The summed E-state index contributed by atoms with van der Waals surface area (Å²) in [5.41, 5.74) is 2.73. The maximum Gasteiger partial charge on any atom is 0.417 e. The standard InChI is InChI=1S/C30H26F5N7O2S/c1-41-15(4-7-21(41)43)12-44-29-39-25-17(28(40-29)42-10-13-2-3-14(11-42)38-13)8-19(30(33,34)35)23(24(25)32)16-5-6-20(31)26-22(16)18(9-36)27(37)45-26/h5-6,8,13-15,38H,2-4,7,10-12,37H2,1H3. The summed E-state index contributed by atoms with van der Waals surface area (Å²) in [6.07, 6.45) is -2.40. The van der Waals surface area contributed by atoms with Gasteiger partial charge in [-0.15, -0.1) is 11.3 Å². The number of nitrogens with one attached hydrogen (secondary N) is 1. The van der Waals surface area contributed by atoms with E-state index in [1.807, 2.05) is 11.0 Å². The maximum atomic E-state index is 16.8. The molecule has 3 unspecified atom stereocenters. The minimum absolute atomic E-state index is 0.00734. The van der Waals surface area contributed by atoms with Crippen LogP contribution in [0.1, 0.15) is 36.8 Å². The number of benzene rings is 2. The molecule has 3 aliphatic heterocycles. The minimum atomic E-state index is -5.05. The number of halogens is 5. The second-order valence-corrected chi connectivity index (χ2v) is 12.7. The Balaban J connectivity index is 1.46. The van der Waals surface area contributed by atoms with E-state index in [0.29, 0.717) is 37.3 Å². The van der Waals surface area contributed by atoms with Crippen LogP contribution in [0.4, 0.5) is 32.8 Å². The van der Waals surface area contributed by atoms with E-state index < -0.39 is 34.5 Å². The normalized spacial score (nSPS) is 21.7. The van der Waals surface area contributed by atoms with Gasteiger partial charge in [0.1, 0.15) is 34.8 Å². The van der Waals surface area contributed by atoms with E-state index in [0.717, 1.165) is 31.0 Å². The molecule has 5 heterocycles. The fourth-order valence-electron chi connectivity index (χ4n) is 6.69. The molecular weight excluding hydrogens is 617 g/mol. The number of carbonyl (C=O) groups excluding carboxylic acids is 1. The lowest BCUT2D eigenvalue weighted by atomic mass is 9.92. The maximum absolute atomic E-state index is 16.8. The molecule has 3 aliphatic rings. The van der Waals surface area contributed by atoms with Gasteiger partial charge in [-0.1, -0.05) is 6.07 Å². The Morgan fingerprint density at radius 3 is 2.56 bits per heavy atom. The van der Waals surface area contributed by atoms with Crippen molar-refractivity contribution in [1.82, 2.24) is 20.2 Å². The van der Waals surface area contributed by atoms with E-state index in [9.17, 15) is 27.6 Å². The van der Waals surface area contributed by atoms with Crippen LogP contribution in [0.3, 0.4) is 0 Å². The molecule has 0 aliphatic carbocycles. The van der Waals surface area contributed by atoms with E-state index >= 15 is 4.39 Å². The van der Waals surface area contributed by atoms with Gasteiger partial charge in [-0.2, -0.15) is 28.4 Å². The third kappa shape index (κ3) is 4.87. The van der Waals surface area contributed by atoms with Crippen molar-refractivity contribution in [3.8, 4) is 23.2 Å². The highest BCUT2D eigenvalue weighted by molar-refractivity contribution is 7.23. The third-order valence-corrected chi connectivity index (χ3v) is 9.98. The number of piperazine rings is 1. The number of amides is 1. The zero-order valence-corrected chi connectivity index (χ0v) is 24.7. The Labute approximate surface area is 257 Å². The van der Waals surface area contributed by atoms with Gasteiger partial charge in [0.05, 0.1) is 21.9 Å². The Kier molecular flexibility index (Phi) is 6.97. The van der Waals surface area contributed by atoms with Gasteiger partial charge in [0, 0.05) is 55.0 Å². The molecule has 0 radical (unpaired) electrons. The van der Waals surface area contributed by atoms with Crippen LogP contribution in [0, 0.1) is 23.0 Å². The summed E-state index contributed by atoms with van der Waals surface area (Å²) in [6, 6.07) is 4.24. The summed E-state index contributed by atoms with van der Waals surface area (Å²) in [6.45, 7) is 0.878. The quantitative estimate of drug-likeness (QED) is 0.285. The number of nitrogens with two attached hydrogens (primary N) is 1. The fraction of sp³-hybridized carbons (Fsp3) is 0.400. The molecule has 234 valence electrons. The topological polar surface area (TPSA) is 120 Å². The van der Waals surface area contributed by atoms with Crippen molar-refractivity contribution < 1.29 is 31.5 Å². The Bertz CT molecular complexity index is 1910. The molecule has 9 nitrogen and oxygen atoms in total. The first-order chi connectivity index (χ1) is 21.4. The molecule has 15 heteroatoms. The molecule has 2 bridgehead atoms. The van der Waals surface area contributed by atoms with E-state index in [-0.39, 0.29) is 74.1 Å². The molecule has 0 spiro atoms. The highest BCUT2D eigenvalue weighted by atomic mass is 32.1. The number of likely N-dealkylation sites (N-methyl/N-ethyl adjacent to an activating group) is 1. The number of aromatic nitrogens is 2. The number of carbonyl (C=O) groups is 1. The average molecular weight is 644 g/mol. The molecule has 3 saturated heterocycles. The van der Waals surface area contributed by atoms with Crippen molar-refractivity contribution in [2.75, 3.05) is 37.4 Å². The van der Waals surface area contributed by atoms with Crippen LogP contribution in [0.25, 0.3) is 32.1 Å². The van der Waals surface area contributed by atoms with Crippen molar-refractivity contribution in [2.45, 2.75) is 50.0 Å². The number of nitriles is 1. The molecule has 0 saturated carbocycles. The van der Waals surface area contributed by atoms with Gasteiger partial charge in [-0.25, -0.2) is 8.78 Å². The third-order valence-electron chi connectivity index (χ3n) is 8.95. The number of rotatable bonds is 5. The van der Waals surface area contributed by atoms with E-state index in [2.05, 4.69) is 15.3 Å². The number of nitrogens with zero attached hydrogens (tertiary/aromatic N) is 5. The summed E-state index contributed by atoms with van der Waals surface area (Å²) in [5.74, 6) is -2.07. The molecule has 45 heavy (non-hydrogen) atoms. The summed E-state index contributed by atoms with van der Waals surface area (Å²) in [7, 11) is 1.65. The van der Waals surface area contributed by atoms with Crippen molar-refractivity contribution >= 4 is 49.1 Å². The molecular formula is C30H26F5N7O2S. The molecule has 2 aromatic carbocycles. The molecule has 3 fully saturated rings. The lowest BCUT2D eigenvalue weighted by Gasteiger charge is -2.34. The molecule has 4 aromatic rings. The predicted octanol–water partition coefficient (Wildman–Crippen LogP) is 5.20.